The van der Waals surface area contributed by atoms with Gasteiger partial charge in [0.15, 0.2) is 5.76 Å². The lowest BCUT2D eigenvalue weighted by atomic mass is 10.2. The summed E-state index contributed by atoms with van der Waals surface area (Å²) in [5.74, 6) is 2.77. The highest BCUT2D eigenvalue weighted by molar-refractivity contribution is 7.98. The summed E-state index contributed by atoms with van der Waals surface area (Å²) < 4.78 is 5.34. The van der Waals surface area contributed by atoms with Crippen LogP contribution >= 0.6 is 11.8 Å². The van der Waals surface area contributed by atoms with E-state index in [4.69, 9.17) is 10.3 Å². The first-order chi connectivity index (χ1) is 8.75. The van der Waals surface area contributed by atoms with Crippen molar-refractivity contribution in [3.05, 3.63) is 42.1 Å². The van der Waals surface area contributed by atoms with E-state index in [0.717, 1.165) is 34.9 Å². The van der Waals surface area contributed by atoms with Gasteiger partial charge in [0, 0.05) is 23.4 Å². The molecule has 1 atom stereocenters. The molecule has 96 valence electrons. The fourth-order valence-corrected chi connectivity index (χ4v) is 2.59. The van der Waals surface area contributed by atoms with E-state index in [1.165, 1.54) is 0 Å². The minimum atomic E-state index is 0.273. The van der Waals surface area contributed by atoms with Gasteiger partial charge in [-0.05, 0) is 19.1 Å². The molecule has 0 amide bonds. The van der Waals surface area contributed by atoms with Gasteiger partial charge in [0.25, 0.3) is 0 Å². The molecular formula is C14H18N2OS. The molecule has 2 aromatic rings. The van der Waals surface area contributed by atoms with Gasteiger partial charge in [-0.3, -0.25) is 0 Å². The third-order valence-electron chi connectivity index (χ3n) is 2.58. The summed E-state index contributed by atoms with van der Waals surface area (Å²) in [5, 5.41) is 4.08. The van der Waals surface area contributed by atoms with Crippen LogP contribution in [-0.2, 0) is 5.75 Å². The topological polar surface area (TPSA) is 52.0 Å². The predicted molar refractivity (Wildman–Crippen MR) is 76.4 cm³/mol. The molecule has 18 heavy (non-hydrogen) atoms. The Balaban J connectivity index is 1.87. The molecule has 1 aromatic carbocycles. The Morgan fingerprint density at radius 2 is 2.11 bits per heavy atom. The van der Waals surface area contributed by atoms with Crippen molar-refractivity contribution in [1.29, 1.82) is 0 Å². The van der Waals surface area contributed by atoms with Crippen molar-refractivity contribution in [1.82, 2.24) is 5.16 Å². The Kier molecular flexibility index (Phi) is 4.84. The van der Waals surface area contributed by atoms with Crippen molar-refractivity contribution in [2.24, 2.45) is 5.73 Å². The minimum absolute atomic E-state index is 0.273. The lowest BCUT2D eigenvalue weighted by Gasteiger charge is -2.02. The van der Waals surface area contributed by atoms with E-state index >= 15 is 0 Å². The second kappa shape index (κ2) is 6.61. The first-order valence-electron chi connectivity index (χ1n) is 6.10. The number of thioether (sulfide) groups is 1. The molecule has 0 aliphatic rings. The summed E-state index contributed by atoms with van der Waals surface area (Å²) >= 11 is 1.84. The average Bonchev–Trinajstić information content (AvgIpc) is 2.84. The molecule has 3 nitrogen and oxygen atoms in total. The van der Waals surface area contributed by atoms with Crippen LogP contribution < -0.4 is 5.73 Å². The van der Waals surface area contributed by atoms with Crippen molar-refractivity contribution in [2.75, 3.05) is 5.75 Å². The van der Waals surface area contributed by atoms with Gasteiger partial charge >= 0.3 is 0 Å². The highest BCUT2D eigenvalue weighted by Gasteiger charge is 2.06. The summed E-state index contributed by atoms with van der Waals surface area (Å²) in [6.07, 6.45) is 1.04. The van der Waals surface area contributed by atoms with Crippen molar-refractivity contribution in [3.8, 4) is 11.3 Å². The Morgan fingerprint density at radius 1 is 1.33 bits per heavy atom. The highest BCUT2D eigenvalue weighted by atomic mass is 32.2. The monoisotopic (exact) mass is 262 g/mol. The van der Waals surface area contributed by atoms with Crippen LogP contribution in [-0.4, -0.2) is 17.0 Å². The molecule has 1 unspecified atom stereocenters. The molecule has 1 heterocycles. The highest BCUT2D eigenvalue weighted by Crippen LogP contribution is 2.22. The van der Waals surface area contributed by atoms with Gasteiger partial charge in [0.2, 0.25) is 0 Å². The van der Waals surface area contributed by atoms with Crippen molar-refractivity contribution in [2.45, 2.75) is 25.1 Å². The predicted octanol–water partition coefficient (Wildman–Crippen LogP) is 3.31. The van der Waals surface area contributed by atoms with Crippen molar-refractivity contribution in [3.63, 3.8) is 0 Å². The van der Waals surface area contributed by atoms with Crippen LogP contribution in [0.1, 0.15) is 19.0 Å². The van der Waals surface area contributed by atoms with Crippen molar-refractivity contribution >= 4 is 11.8 Å². The van der Waals surface area contributed by atoms with Crippen LogP contribution in [0.3, 0.4) is 0 Å². The molecule has 0 bridgehead atoms. The Morgan fingerprint density at radius 3 is 2.83 bits per heavy atom. The summed E-state index contributed by atoms with van der Waals surface area (Å²) in [5.41, 5.74) is 7.76. The minimum Gasteiger partial charge on any atom is -0.356 e. The maximum atomic E-state index is 5.70. The van der Waals surface area contributed by atoms with Crippen LogP contribution in [0.25, 0.3) is 11.3 Å². The Hall–Kier alpha value is -1.26. The molecule has 0 saturated carbocycles. The molecule has 2 rings (SSSR count). The van der Waals surface area contributed by atoms with Gasteiger partial charge in [0.05, 0.1) is 5.69 Å². The zero-order chi connectivity index (χ0) is 12.8. The molecule has 4 heteroatoms. The van der Waals surface area contributed by atoms with E-state index in [1.54, 1.807) is 0 Å². The molecule has 0 fully saturated rings. The maximum absolute atomic E-state index is 5.70. The van der Waals surface area contributed by atoms with Gasteiger partial charge < -0.3 is 10.3 Å². The number of hydrogen-bond donors (Lipinski definition) is 1. The maximum Gasteiger partial charge on any atom is 0.167 e. The Labute approximate surface area is 112 Å². The summed E-state index contributed by atoms with van der Waals surface area (Å²) in [6.45, 7) is 2.03. The number of aromatic nitrogens is 1. The first-order valence-corrected chi connectivity index (χ1v) is 7.25. The molecule has 0 aliphatic heterocycles. The van der Waals surface area contributed by atoms with Crippen LogP contribution in [0.4, 0.5) is 0 Å². The molecular weight excluding hydrogens is 244 g/mol. The molecule has 1 aromatic heterocycles. The van der Waals surface area contributed by atoms with E-state index < -0.39 is 0 Å². The van der Waals surface area contributed by atoms with E-state index in [9.17, 15) is 0 Å². The number of rotatable bonds is 6. The smallest absolute Gasteiger partial charge is 0.167 e. The van der Waals surface area contributed by atoms with Crippen LogP contribution in [0, 0.1) is 0 Å². The van der Waals surface area contributed by atoms with Gasteiger partial charge in [-0.25, -0.2) is 0 Å². The summed E-state index contributed by atoms with van der Waals surface area (Å²) in [6, 6.07) is 12.3. The fraction of sp³-hybridized carbons (Fsp3) is 0.357. The van der Waals surface area contributed by atoms with Crippen molar-refractivity contribution < 1.29 is 4.52 Å². The van der Waals surface area contributed by atoms with Crippen LogP contribution in [0.5, 0.6) is 0 Å². The summed E-state index contributed by atoms with van der Waals surface area (Å²) in [4.78, 5) is 0. The van der Waals surface area contributed by atoms with Crippen LogP contribution in [0.2, 0.25) is 0 Å². The molecule has 0 aliphatic carbocycles. The molecule has 2 N–H and O–H groups in total. The van der Waals surface area contributed by atoms with E-state index in [2.05, 4.69) is 5.16 Å². The lowest BCUT2D eigenvalue weighted by Crippen LogP contribution is -2.15. The number of benzene rings is 1. The molecule has 0 radical (unpaired) electrons. The van der Waals surface area contributed by atoms with E-state index in [0.29, 0.717) is 0 Å². The SMILES string of the molecule is CC(N)CCSCc1cc(-c2ccccc2)on1. The van der Waals surface area contributed by atoms with E-state index in [1.807, 2.05) is 55.1 Å². The lowest BCUT2D eigenvalue weighted by molar-refractivity contribution is 0.426. The third-order valence-corrected chi connectivity index (χ3v) is 3.61. The zero-order valence-electron chi connectivity index (χ0n) is 10.5. The normalized spacial score (nSPS) is 12.6. The summed E-state index contributed by atoms with van der Waals surface area (Å²) in [7, 11) is 0. The largest absolute Gasteiger partial charge is 0.356 e. The number of nitrogens with two attached hydrogens (primary N) is 1. The molecule has 0 spiro atoms. The second-order valence-electron chi connectivity index (χ2n) is 4.37. The number of hydrogen-bond acceptors (Lipinski definition) is 4. The van der Waals surface area contributed by atoms with Gasteiger partial charge in [-0.1, -0.05) is 35.5 Å². The third kappa shape index (κ3) is 3.89. The average molecular weight is 262 g/mol. The molecule has 0 saturated heterocycles. The van der Waals surface area contributed by atoms with Gasteiger partial charge in [-0.2, -0.15) is 11.8 Å². The first kappa shape index (κ1) is 13.2. The second-order valence-corrected chi connectivity index (χ2v) is 5.47. The number of nitrogens with zero attached hydrogens (tertiary/aromatic N) is 1. The standard InChI is InChI=1S/C14H18N2OS/c1-11(15)7-8-18-10-13-9-14(17-16-13)12-5-3-2-4-6-12/h2-6,9,11H,7-8,10,15H2,1H3. The zero-order valence-corrected chi connectivity index (χ0v) is 11.3. The fourth-order valence-electron chi connectivity index (χ4n) is 1.56. The van der Waals surface area contributed by atoms with Crippen LogP contribution in [0.15, 0.2) is 40.9 Å². The Bertz CT molecular complexity index is 468. The van der Waals surface area contributed by atoms with Gasteiger partial charge in [0.1, 0.15) is 0 Å². The quantitative estimate of drug-likeness (QED) is 0.811. The van der Waals surface area contributed by atoms with Gasteiger partial charge in [-0.15, -0.1) is 0 Å². The van der Waals surface area contributed by atoms with E-state index in [-0.39, 0.29) is 6.04 Å².